The van der Waals surface area contributed by atoms with E-state index in [0.29, 0.717) is 13.1 Å². The average molecular weight is 370 g/mol. The van der Waals surface area contributed by atoms with E-state index >= 15 is 0 Å². The minimum atomic E-state index is -4.46. The molecule has 0 aromatic heterocycles. The highest BCUT2D eigenvalue weighted by Gasteiger charge is 2.43. The van der Waals surface area contributed by atoms with Gasteiger partial charge in [0.1, 0.15) is 11.9 Å². The van der Waals surface area contributed by atoms with E-state index < -0.39 is 30.5 Å². The van der Waals surface area contributed by atoms with Crippen molar-refractivity contribution in [3.8, 4) is 0 Å². The Balaban J connectivity index is 0.00000288. The molecule has 0 aliphatic carbocycles. The van der Waals surface area contributed by atoms with Crippen LogP contribution in [0.5, 0.6) is 0 Å². The normalized spacial score (nSPS) is 17.0. The Labute approximate surface area is 144 Å². The third-order valence-corrected chi connectivity index (χ3v) is 3.86. The number of halogens is 5. The molecule has 9 heteroatoms. The third kappa shape index (κ3) is 5.06. The number of amides is 1. The van der Waals surface area contributed by atoms with Crippen LogP contribution in [0.15, 0.2) is 18.2 Å². The van der Waals surface area contributed by atoms with Crippen LogP contribution < -0.4 is 10.6 Å². The Morgan fingerprint density at radius 1 is 1.33 bits per heavy atom. The molecule has 0 radical (unpaired) electrons. The fourth-order valence-corrected chi connectivity index (χ4v) is 2.55. The molecule has 0 spiro atoms. The molecule has 1 amide bonds. The molecule has 0 bridgehead atoms. The van der Waals surface area contributed by atoms with Gasteiger partial charge in [0.15, 0.2) is 0 Å². The standard InChI is InChI=1S/C15H19F4N3O.ClH/c1-10-3-2-4-11(13(10)16)14(23)21-9-12(15(17,18)19)22-7-5-20-6-8-22;/h2-4,12,20H,5-9H2,1H3,(H,21,23);1H. The summed E-state index contributed by atoms with van der Waals surface area (Å²) < 4.78 is 53.5. The highest BCUT2D eigenvalue weighted by atomic mass is 35.5. The first-order valence-corrected chi connectivity index (χ1v) is 7.35. The molecule has 0 saturated carbocycles. The molecule has 4 nitrogen and oxygen atoms in total. The highest BCUT2D eigenvalue weighted by molar-refractivity contribution is 5.94. The first-order chi connectivity index (χ1) is 10.8. The summed E-state index contributed by atoms with van der Waals surface area (Å²) in [6.45, 7) is 2.32. The summed E-state index contributed by atoms with van der Waals surface area (Å²) >= 11 is 0. The number of carbonyl (C=O) groups excluding carboxylic acids is 1. The molecule has 1 atom stereocenters. The van der Waals surface area contributed by atoms with Crippen LogP contribution in [0.2, 0.25) is 0 Å². The average Bonchev–Trinajstić information content (AvgIpc) is 2.50. The summed E-state index contributed by atoms with van der Waals surface area (Å²) in [7, 11) is 0. The first-order valence-electron chi connectivity index (χ1n) is 7.35. The van der Waals surface area contributed by atoms with Gasteiger partial charge in [-0.25, -0.2) is 4.39 Å². The van der Waals surface area contributed by atoms with Crippen molar-refractivity contribution in [3.05, 3.63) is 35.1 Å². The van der Waals surface area contributed by atoms with Gasteiger partial charge in [-0.2, -0.15) is 13.2 Å². The summed E-state index contributed by atoms with van der Waals surface area (Å²) in [5.41, 5.74) is 0.0263. The number of hydrogen-bond donors (Lipinski definition) is 2. The fourth-order valence-electron chi connectivity index (χ4n) is 2.55. The Kier molecular flexibility index (Phi) is 7.44. The molecule has 1 heterocycles. The molecular formula is C15H20ClF4N3O. The number of benzene rings is 1. The second kappa shape index (κ2) is 8.64. The van der Waals surface area contributed by atoms with Crippen LogP contribution in [0, 0.1) is 12.7 Å². The third-order valence-electron chi connectivity index (χ3n) is 3.86. The largest absolute Gasteiger partial charge is 0.405 e. The highest BCUT2D eigenvalue weighted by Crippen LogP contribution is 2.25. The molecule has 1 saturated heterocycles. The smallest absolute Gasteiger partial charge is 0.350 e. The minimum Gasteiger partial charge on any atom is -0.350 e. The topological polar surface area (TPSA) is 44.4 Å². The second-order valence-corrected chi connectivity index (χ2v) is 5.49. The predicted molar refractivity (Wildman–Crippen MR) is 85.0 cm³/mol. The number of rotatable bonds is 4. The van der Waals surface area contributed by atoms with Crippen molar-refractivity contribution in [2.75, 3.05) is 32.7 Å². The van der Waals surface area contributed by atoms with E-state index in [4.69, 9.17) is 0 Å². The summed E-state index contributed by atoms with van der Waals surface area (Å²) in [6, 6.07) is 2.46. The van der Waals surface area contributed by atoms with Crippen LogP contribution >= 0.6 is 12.4 Å². The molecule has 1 fully saturated rings. The van der Waals surface area contributed by atoms with Crippen LogP contribution in [0.25, 0.3) is 0 Å². The molecule has 1 aromatic carbocycles. The van der Waals surface area contributed by atoms with Crippen LogP contribution in [-0.4, -0.2) is 55.7 Å². The van der Waals surface area contributed by atoms with Gasteiger partial charge in [0.25, 0.3) is 5.91 Å². The number of piperazine rings is 1. The number of carbonyl (C=O) groups is 1. The molecule has 1 aromatic rings. The van der Waals surface area contributed by atoms with Crippen LogP contribution in [0.4, 0.5) is 17.6 Å². The number of nitrogens with one attached hydrogen (secondary N) is 2. The number of hydrogen-bond acceptors (Lipinski definition) is 3. The van der Waals surface area contributed by atoms with Gasteiger partial charge in [0, 0.05) is 32.7 Å². The minimum absolute atomic E-state index is 0. The monoisotopic (exact) mass is 369 g/mol. The number of aryl methyl sites for hydroxylation is 1. The summed E-state index contributed by atoms with van der Waals surface area (Å²) in [6.07, 6.45) is -4.46. The Hall–Kier alpha value is -1.38. The van der Waals surface area contributed by atoms with Gasteiger partial charge in [0.2, 0.25) is 0 Å². The van der Waals surface area contributed by atoms with Gasteiger partial charge >= 0.3 is 6.18 Å². The maximum Gasteiger partial charge on any atom is 0.405 e. The lowest BCUT2D eigenvalue weighted by molar-refractivity contribution is -0.183. The van der Waals surface area contributed by atoms with E-state index in [1.165, 1.54) is 30.0 Å². The van der Waals surface area contributed by atoms with Gasteiger partial charge in [-0.15, -0.1) is 12.4 Å². The van der Waals surface area contributed by atoms with E-state index in [0.717, 1.165) is 0 Å². The van der Waals surface area contributed by atoms with Crippen molar-refractivity contribution >= 4 is 18.3 Å². The molecule has 1 unspecified atom stereocenters. The van der Waals surface area contributed by atoms with E-state index in [1.54, 1.807) is 0 Å². The maximum absolute atomic E-state index is 13.9. The van der Waals surface area contributed by atoms with Gasteiger partial charge in [-0.05, 0) is 18.6 Å². The zero-order valence-electron chi connectivity index (χ0n) is 13.1. The molecule has 1 aliphatic heterocycles. The van der Waals surface area contributed by atoms with Crippen LogP contribution in [-0.2, 0) is 0 Å². The van der Waals surface area contributed by atoms with Crippen LogP contribution in [0.3, 0.4) is 0 Å². The van der Waals surface area contributed by atoms with Crippen molar-refractivity contribution in [1.29, 1.82) is 0 Å². The molecular weight excluding hydrogens is 350 g/mol. The zero-order chi connectivity index (χ0) is 17.0. The van der Waals surface area contributed by atoms with Crippen LogP contribution in [0.1, 0.15) is 15.9 Å². The molecule has 24 heavy (non-hydrogen) atoms. The molecule has 2 N–H and O–H groups in total. The SMILES string of the molecule is Cc1cccc(C(=O)NCC(N2CCNCC2)C(F)(F)F)c1F.Cl. The Morgan fingerprint density at radius 2 is 1.96 bits per heavy atom. The second-order valence-electron chi connectivity index (χ2n) is 5.49. The van der Waals surface area contributed by atoms with E-state index in [1.807, 2.05) is 0 Å². The van der Waals surface area contributed by atoms with Gasteiger partial charge < -0.3 is 10.6 Å². The maximum atomic E-state index is 13.9. The molecule has 136 valence electrons. The summed E-state index contributed by atoms with van der Waals surface area (Å²) in [4.78, 5) is 13.3. The van der Waals surface area contributed by atoms with Gasteiger partial charge in [0.05, 0.1) is 5.56 Å². The van der Waals surface area contributed by atoms with Crippen molar-refractivity contribution in [2.45, 2.75) is 19.1 Å². The Bertz CT molecular complexity index is 562. The van der Waals surface area contributed by atoms with Gasteiger partial charge in [-0.1, -0.05) is 12.1 Å². The fraction of sp³-hybridized carbons (Fsp3) is 0.533. The predicted octanol–water partition coefficient (Wildman–Crippen LogP) is 2.12. The summed E-state index contributed by atoms with van der Waals surface area (Å²) in [5, 5.41) is 5.19. The van der Waals surface area contributed by atoms with Crippen molar-refractivity contribution < 1.29 is 22.4 Å². The first kappa shape index (κ1) is 20.7. The van der Waals surface area contributed by atoms with E-state index in [-0.39, 0.29) is 36.6 Å². The van der Waals surface area contributed by atoms with E-state index in [9.17, 15) is 22.4 Å². The Morgan fingerprint density at radius 3 is 2.54 bits per heavy atom. The molecule has 1 aliphatic rings. The number of nitrogens with zero attached hydrogens (tertiary/aromatic N) is 1. The lowest BCUT2D eigenvalue weighted by atomic mass is 10.1. The lowest BCUT2D eigenvalue weighted by Gasteiger charge is -2.35. The van der Waals surface area contributed by atoms with E-state index in [2.05, 4.69) is 10.6 Å². The van der Waals surface area contributed by atoms with Crippen molar-refractivity contribution in [1.82, 2.24) is 15.5 Å². The summed E-state index contributed by atoms with van der Waals surface area (Å²) in [5.74, 6) is -1.55. The quantitative estimate of drug-likeness (QED) is 0.799. The molecule has 2 rings (SSSR count). The lowest BCUT2D eigenvalue weighted by Crippen LogP contribution is -2.57. The number of alkyl halides is 3. The van der Waals surface area contributed by atoms with Crippen molar-refractivity contribution in [3.63, 3.8) is 0 Å². The van der Waals surface area contributed by atoms with Gasteiger partial charge in [-0.3, -0.25) is 9.69 Å². The zero-order valence-corrected chi connectivity index (χ0v) is 13.9. The van der Waals surface area contributed by atoms with Crippen molar-refractivity contribution in [2.24, 2.45) is 0 Å².